The summed E-state index contributed by atoms with van der Waals surface area (Å²) in [5.41, 5.74) is 0.972. The number of unbranched alkanes of at least 4 members (excludes halogenated alkanes) is 4. The van der Waals surface area contributed by atoms with Gasteiger partial charge in [0.1, 0.15) is 5.75 Å². The van der Waals surface area contributed by atoms with Gasteiger partial charge in [-0.25, -0.2) is 4.79 Å². The van der Waals surface area contributed by atoms with Crippen molar-refractivity contribution < 1.29 is 28.7 Å². The maximum Gasteiger partial charge on any atom is 0.335 e. The average Bonchev–Trinajstić information content (AvgIpc) is 3.04. The Balaban J connectivity index is 1.87. The Labute approximate surface area is 172 Å². The van der Waals surface area contributed by atoms with Gasteiger partial charge in [-0.2, -0.15) is 0 Å². The maximum absolute atomic E-state index is 12.3. The normalized spacial score (nSPS) is 14.9. The zero-order valence-corrected chi connectivity index (χ0v) is 17.4. The zero-order chi connectivity index (χ0) is 21.1. The quantitative estimate of drug-likeness (QED) is 0.365. The lowest BCUT2D eigenvalue weighted by molar-refractivity contribution is -0.199. The molecule has 1 heterocycles. The summed E-state index contributed by atoms with van der Waals surface area (Å²) in [5, 5.41) is 0.587. The number of imide groups is 1. The van der Waals surface area contributed by atoms with Crippen LogP contribution in [0.15, 0.2) is 24.3 Å². The Morgan fingerprint density at radius 1 is 1.03 bits per heavy atom. The van der Waals surface area contributed by atoms with Gasteiger partial charge in [-0.1, -0.05) is 51.2 Å². The van der Waals surface area contributed by atoms with E-state index in [1.807, 2.05) is 24.3 Å². The van der Waals surface area contributed by atoms with Gasteiger partial charge in [0, 0.05) is 12.8 Å². The molecule has 0 spiro atoms. The third kappa shape index (κ3) is 7.85. The molecule has 0 saturated carbocycles. The second-order valence-electron chi connectivity index (χ2n) is 7.23. The largest absolute Gasteiger partial charge is 0.497 e. The number of methoxy groups -OCH3 is 1. The second kappa shape index (κ2) is 12.2. The molecule has 0 aromatic heterocycles. The summed E-state index contributed by atoms with van der Waals surface area (Å²) in [5.74, 6) is -0.802. The number of benzene rings is 1. The van der Waals surface area contributed by atoms with Crippen LogP contribution in [-0.2, 0) is 30.6 Å². The molecule has 0 N–H and O–H groups in total. The van der Waals surface area contributed by atoms with Gasteiger partial charge >= 0.3 is 5.97 Å². The first kappa shape index (κ1) is 22.9. The topological polar surface area (TPSA) is 82.1 Å². The van der Waals surface area contributed by atoms with Gasteiger partial charge in [0.2, 0.25) is 0 Å². The number of carbonyl (C=O) groups is 3. The number of ether oxygens (including phenoxy) is 2. The van der Waals surface area contributed by atoms with Crippen LogP contribution in [0.4, 0.5) is 0 Å². The molecule has 1 saturated heterocycles. The Bertz CT molecular complexity index is 656. The highest BCUT2D eigenvalue weighted by Crippen LogP contribution is 2.18. The molecule has 0 radical (unpaired) electrons. The minimum absolute atomic E-state index is 0.000985. The lowest BCUT2D eigenvalue weighted by Crippen LogP contribution is -2.33. The van der Waals surface area contributed by atoms with E-state index >= 15 is 0 Å². The Morgan fingerprint density at radius 2 is 1.69 bits per heavy atom. The first-order chi connectivity index (χ1) is 14.0. The highest BCUT2D eigenvalue weighted by atomic mass is 16.7. The number of carbonyl (C=O) groups excluding carboxylic acids is 3. The summed E-state index contributed by atoms with van der Waals surface area (Å²) in [4.78, 5) is 40.5. The summed E-state index contributed by atoms with van der Waals surface area (Å²) in [6.07, 6.45) is 6.10. The molecule has 1 aromatic carbocycles. The zero-order valence-electron chi connectivity index (χ0n) is 17.4. The van der Waals surface area contributed by atoms with Gasteiger partial charge in [-0.3, -0.25) is 9.59 Å². The molecule has 1 aromatic rings. The van der Waals surface area contributed by atoms with E-state index in [-0.39, 0.29) is 25.4 Å². The van der Waals surface area contributed by atoms with E-state index in [1.165, 1.54) is 12.8 Å². The van der Waals surface area contributed by atoms with E-state index in [2.05, 4.69) is 6.92 Å². The van der Waals surface area contributed by atoms with Gasteiger partial charge in [0.15, 0.2) is 0 Å². The summed E-state index contributed by atoms with van der Waals surface area (Å²) in [7, 11) is 1.61. The molecule has 1 unspecified atom stereocenters. The smallest absolute Gasteiger partial charge is 0.335 e. The van der Waals surface area contributed by atoms with Crippen molar-refractivity contribution >= 4 is 17.8 Å². The third-order valence-electron chi connectivity index (χ3n) is 4.87. The average molecular weight is 405 g/mol. The Hall–Kier alpha value is -2.41. The van der Waals surface area contributed by atoms with Crippen molar-refractivity contribution in [1.82, 2.24) is 5.06 Å². The van der Waals surface area contributed by atoms with Gasteiger partial charge in [-0.05, 0) is 24.1 Å². The molecule has 29 heavy (non-hydrogen) atoms. The second-order valence-corrected chi connectivity index (χ2v) is 7.23. The molecular formula is C22H31NO6. The van der Waals surface area contributed by atoms with Gasteiger partial charge in [0.05, 0.1) is 26.2 Å². The summed E-state index contributed by atoms with van der Waals surface area (Å²) in [6, 6.07) is 7.54. The van der Waals surface area contributed by atoms with E-state index in [0.29, 0.717) is 11.7 Å². The van der Waals surface area contributed by atoms with E-state index in [0.717, 1.165) is 37.0 Å². The first-order valence-corrected chi connectivity index (χ1v) is 10.3. The Kier molecular flexibility index (Phi) is 9.64. The van der Waals surface area contributed by atoms with Gasteiger partial charge in [-0.15, -0.1) is 5.06 Å². The fraction of sp³-hybridized carbons (Fsp3) is 0.591. The number of hydroxylamine groups is 2. The summed E-state index contributed by atoms with van der Waals surface area (Å²) >= 11 is 0. The molecule has 0 bridgehead atoms. The minimum Gasteiger partial charge on any atom is -0.497 e. The van der Waals surface area contributed by atoms with Crippen LogP contribution in [0.3, 0.4) is 0 Å². The van der Waals surface area contributed by atoms with Crippen molar-refractivity contribution in [2.24, 2.45) is 0 Å². The highest BCUT2D eigenvalue weighted by molar-refractivity contribution is 6.01. The fourth-order valence-electron chi connectivity index (χ4n) is 3.14. The van der Waals surface area contributed by atoms with Crippen molar-refractivity contribution in [2.45, 2.75) is 77.4 Å². The van der Waals surface area contributed by atoms with Gasteiger partial charge in [0.25, 0.3) is 11.8 Å². The fourth-order valence-corrected chi connectivity index (χ4v) is 3.14. The summed E-state index contributed by atoms with van der Waals surface area (Å²) in [6.45, 7) is 2.52. The van der Waals surface area contributed by atoms with Crippen LogP contribution < -0.4 is 4.74 Å². The monoisotopic (exact) mass is 405 g/mol. The van der Waals surface area contributed by atoms with Crippen LogP contribution in [-0.4, -0.2) is 36.1 Å². The van der Waals surface area contributed by atoms with Crippen molar-refractivity contribution in [3.63, 3.8) is 0 Å². The lowest BCUT2D eigenvalue weighted by atomic mass is 10.1. The number of rotatable bonds is 13. The molecule has 2 amide bonds. The molecule has 1 atom stereocenters. The number of hydrogen-bond donors (Lipinski definition) is 0. The predicted molar refractivity (Wildman–Crippen MR) is 107 cm³/mol. The molecule has 1 fully saturated rings. The molecule has 7 heteroatoms. The van der Waals surface area contributed by atoms with Crippen LogP contribution in [0.2, 0.25) is 0 Å². The molecule has 2 rings (SSSR count). The highest BCUT2D eigenvalue weighted by Gasteiger charge is 2.33. The predicted octanol–water partition coefficient (Wildman–Crippen LogP) is 3.94. The van der Waals surface area contributed by atoms with Crippen molar-refractivity contribution in [1.29, 1.82) is 0 Å². The van der Waals surface area contributed by atoms with E-state index in [1.54, 1.807) is 7.11 Å². The SMILES string of the molecule is CCCCCCCC(CC(=O)ON1C(=O)CCC1=O)OCc1ccc(OC)cc1. The molecule has 1 aliphatic heterocycles. The molecule has 7 nitrogen and oxygen atoms in total. The van der Waals surface area contributed by atoms with Crippen LogP contribution in [0.25, 0.3) is 0 Å². The molecular weight excluding hydrogens is 374 g/mol. The maximum atomic E-state index is 12.3. The molecule has 1 aliphatic rings. The standard InChI is InChI=1S/C22H31NO6/c1-3-4-5-6-7-8-19(28-16-17-9-11-18(27-2)12-10-17)15-22(26)29-23-20(24)13-14-21(23)25/h9-12,19H,3-8,13-16H2,1-2H3. The number of nitrogens with zero attached hydrogens (tertiary/aromatic N) is 1. The van der Waals surface area contributed by atoms with Crippen LogP contribution in [0.1, 0.15) is 70.3 Å². The first-order valence-electron chi connectivity index (χ1n) is 10.3. The van der Waals surface area contributed by atoms with Gasteiger partial charge < -0.3 is 14.3 Å². The van der Waals surface area contributed by atoms with E-state index in [4.69, 9.17) is 14.3 Å². The third-order valence-corrected chi connectivity index (χ3v) is 4.87. The van der Waals surface area contributed by atoms with Crippen LogP contribution in [0.5, 0.6) is 5.75 Å². The molecule has 160 valence electrons. The van der Waals surface area contributed by atoms with Crippen molar-refractivity contribution in [2.75, 3.05) is 7.11 Å². The van der Waals surface area contributed by atoms with Crippen molar-refractivity contribution in [3.05, 3.63) is 29.8 Å². The van der Waals surface area contributed by atoms with E-state index < -0.39 is 17.8 Å². The van der Waals surface area contributed by atoms with Crippen LogP contribution >= 0.6 is 0 Å². The van der Waals surface area contributed by atoms with Crippen LogP contribution in [0, 0.1) is 0 Å². The molecule has 0 aliphatic carbocycles. The minimum atomic E-state index is -0.623. The Morgan fingerprint density at radius 3 is 2.31 bits per heavy atom. The van der Waals surface area contributed by atoms with Crippen molar-refractivity contribution in [3.8, 4) is 5.75 Å². The van der Waals surface area contributed by atoms with E-state index in [9.17, 15) is 14.4 Å². The number of hydrogen-bond acceptors (Lipinski definition) is 6. The lowest BCUT2D eigenvalue weighted by Gasteiger charge is -2.19. The summed E-state index contributed by atoms with van der Waals surface area (Å²) < 4.78 is 11.1. The number of amides is 2.